The molecule has 0 spiro atoms. The second kappa shape index (κ2) is 9.15. The molecule has 0 radical (unpaired) electrons. The van der Waals surface area contributed by atoms with Crippen molar-refractivity contribution in [3.63, 3.8) is 0 Å². The Morgan fingerprint density at radius 1 is 0.897 bits per heavy atom. The molecular weight excluding hydrogens is 377 g/mol. The van der Waals surface area contributed by atoms with E-state index in [2.05, 4.69) is 85.8 Å². The zero-order valence-corrected chi connectivity index (χ0v) is 17.4. The van der Waals surface area contributed by atoms with Gasteiger partial charge >= 0.3 is 0 Å². The van der Waals surface area contributed by atoms with Gasteiger partial charge < -0.3 is 0 Å². The summed E-state index contributed by atoms with van der Waals surface area (Å²) in [5.41, 5.74) is 5.87. The fraction of sp³-hybridized carbons (Fsp3) is 0.192. The molecule has 146 valence electrons. The first-order valence-corrected chi connectivity index (χ1v) is 10.9. The molecule has 0 amide bonds. The molecule has 2 aromatic heterocycles. The molecule has 0 saturated heterocycles. The van der Waals surface area contributed by atoms with Crippen molar-refractivity contribution in [3.05, 3.63) is 89.1 Å². The van der Waals surface area contributed by atoms with Crippen LogP contribution < -0.4 is 0 Å². The van der Waals surface area contributed by atoms with Crippen molar-refractivity contribution < 1.29 is 4.39 Å². The van der Waals surface area contributed by atoms with Crippen LogP contribution in [0.3, 0.4) is 0 Å². The van der Waals surface area contributed by atoms with Gasteiger partial charge in [0.1, 0.15) is 4.83 Å². The number of benzene rings is 2. The lowest BCUT2D eigenvalue weighted by atomic mass is 10.1. The molecule has 29 heavy (non-hydrogen) atoms. The third kappa shape index (κ3) is 4.80. The lowest BCUT2D eigenvalue weighted by molar-refractivity contribution is 0.473. The van der Waals surface area contributed by atoms with Crippen molar-refractivity contribution in [2.24, 2.45) is 0 Å². The quantitative estimate of drug-likeness (QED) is 0.311. The topological polar surface area (TPSA) is 12.9 Å². The van der Waals surface area contributed by atoms with Crippen LogP contribution in [-0.2, 0) is 12.8 Å². The van der Waals surface area contributed by atoms with Crippen LogP contribution in [0.15, 0.2) is 66.7 Å². The fourth-order valence-electron chi connectivity index (χ4n) is 3.32. The number of rotatable bonds is 7. The summed E-state index contributed by atoms with van der Waals surface area (Å²) in [7, 11) is 0. The van der Waals surface area contributed by atoms with Gasteiger partial charge in [-0.25, -0.2) is 4.98 Å². The summed E-state index contributed by atoms with van der Waals surface area (Å²) in [6.07, 6.45) is 6.62. The molecule has 2 heterocycles. The highest BCUT2D eigenvalue weighted by molar-refractivity contribution is 7.21. The van der Waals surface area contributed by atoms with Crippen LogP contribution in [0.2, 0.25) is 0 Å². The van der Waals surface area contributed by atoms with Crippen molar-refractivity contribution in [2.45, 2.75) is 26.2 Å². The van der Waals surface area contributed by atoms with E-state index < -0.39 is 0 Å². The van der Waals surface area contributed by atoms with Crippen LogP contribution in [0.4, 0.5) is 4.39 Å². The molecule has 0 aliphatic carbocycles. The SMILES string of the molecule is CCc1ccc(/C=C/c2ccc3cc(-c4ccc(CCCF)cc4)sc3n2)cc1. The number of hydrogen-bond donors (Lipinski definition) is 0. The minimum Gasteiger partial charge on any atom is -0.251 e. The minimum atomic E-state index is -0.259. The average molecular weight is 402 g/mol. The van der Waals surface area contributed by atoms with E-state index in [1.54, 1.807) is 11.3 Å². The van der Waals surface area contributed by atoms with Crippen molar-refractivity contribution in [2.75, 3.05) is 6.67 Å². The smallest absolute Gasteiger partial charge is 0.124 e. The first-order chi connectivity index (χ1) is 14.2. The van der Waals surface area contributed by atoms with Crippen molar-refractivity contribution in [3.8, 4) is 10.4 Å². The van der Waals surface area contributed by atoms with E-state index >= 15 is 0 Å². The maximum absolute atomic E-state index is 12.3. The van der Waals surface area contributed by atoms with Gasteiger partial charge in [-0.3, -0.25) is 4.39 Å². The predicted molar refractivity (Wildman–Crippen MR) is 124 cm³/mol. The lowest BCUT2D eigenvalue weighted by Gasteiger charge is -2.01. The third-order valence-corrected chi connectivity index (χ3v) is 6.17. The molecule has 3 heteroatoms. The van der Waals surface area contributed by atoms with Gasteiger partial charge in [0.2, 0.25) is 0 Å². The highest BCUT2D eigenvalue weighted by atomic mass is 32.1. The van der Waals surface area contributed by atoms with Gasteiger partial charge in [0.25, 0.3) is 0 Å². The zero-order chi connectivity index (χ0) is 20.1. The third-order valence-electron chi connectivity index (χ3n) is 5.08. The van der Waals surface area contributed by atoms with Crippen LogP contribution in [0.5, 0.6) is 0 Å². The summed E-state index contributed by atoms with van der Waals surface area (Å²) >= 11 is 1.71. The minimum absolute atomic E-state index is 0.259. The zero-order valence-electron chi connectivity index (χ0n) is 16.6. The van der Waals surface area contributed by atoms with E-state index in [0.29, 0.717) is 6.42 Å². The van der Waals surface area contributed by atoms with E-state index in [1.165, 1.54) is 27.1 Å². The molecule has 2 aromatic carbocycles. The molecule has 4 aromatic rings. The molecule has 0 fully saturated rings. The Morgan fingerprint density at radius 2 is 1.66 bits per heavy atom. The molecule has 0 unspecified atom stereocenters. The number of alkyl halides is 1. The van der Waals surface area contributed by atoms with Gasteiger partial charge in [0.05, 0.1) is 12.4 Å². The molecule has 0 N–H and O–H groups in total. The predicted octanol–water partition coefficient (Wildman–Crippen LogP) is 7.60. The Morgan fingerprint density at radius 3 is 2.38 bits per heavy atom. The number of hydrogen-bond acceptors (Lipinski definition) is 2. The molecule has 0 saturated carbocycles. The summed E-state index contributed by atoms with van der Waals surface area (Å²) in [6.45, 7) is 1.91. The number of halogens is 1. The first kappa shape index (κ1) is 19.5. The Kier molecular flexibility index (Phi) is 6.16. The number of aromatic nitrogens is 1. The van der Waals surface area contributed by atoms with Gasteiger partial charge in [-0.2, -0.15) is 0 Å². The van der Waals surface area contributed by atoms with Crippen LogP contribution in [0, 0.1) is 0 Å². The largest absolute Gasteiger partial charge is 0.251 e. The molecule has 0 atom stereocenters. The number of fused-ring (bicyclic) bond motifs is 1. The molecule has 0 aliphatic rings. The second-order valence-electron chi connectivity index (χ2n) is 7.16. The van der Waals surface area contributed by atoms with Crippen molar-refractivity contribution in [1.29, 1.82) is 0 Å². The maximum Gasteiger partial charge on any atom is 0.124 e. The summed E-state index contributed by atoms with van der Waals surface area (Å²) in [6, 6.07) is 23.5. The standard InChI is InChI=1S/C26H24FNS/c1-2-19-5-7-21(8-6-19)11-15-24-16-14-23-18-25(29-26(23)28-24)22-12-9-20(10-13-22)4-3-17-27/h5-16,18H,2-4,17H2,1H3/b15-11+. The Bertz CT molecular complexity index is 1110. The van der Waals surface area contributed by atoms with Crippen LogP contribution in [0.25, 0.3) is 32.8 Å². The maximum atomic E-state index is 12.3. The number of thiophene rings is 1. The average Bonchev–Trinajstić information content (AvgIpc) is 3.20. The molecule has 1 nitrogen and oxygen atoms in total. The van der Waals surface area contributed by atoms with Gasteiger partial charge in [-0.05, 0) is 65.8 Å². The van der Waals surface area contributed by atoms with Crippen LogP contribution >= 0.6 is 11.3 Å². The normalized spacial score (nSPS) is 11.5. The molecular formula is C26H24FNS. The number of pyridine rings is 1. The Hall–Kier alpha value is -2.78. The van der Waals surface area contributed by atoms with Crippen LogP contribution in [0.1, 0.15) is 35.7 Å². The lowest BCUT2D eigenvalue weighted by Crippen LogP contribution is -1.86. The van der Waals surface area contributed by atoms with Crippen molar-refractivity contribution in [1.82, 2.24) is 4.98 Å². The summed E-state index contributed by atoms with van der Waals surface area (Å²) in [4.78, 5) is 7.07. The van der Waals surface area contributed by atoms with Gasteiger partial charge in [0.15, 0.2) is 0 Å². The van der Waals surface area contributed by atoms with E-state index in [1.807, 2.05) is 0 Å². The van der Waals surface area contributed by atoms with Gasteiger partial charge in [0, 0.05) is 10.3 Å². The Labute approximate surface area is 175 Å². The highest BCUT2D eigenvalue weighted by Crippen LogP contribution is 2.33. The van der Waals surface area contributed by atoms with E-state index in [9.17, 15) is 4.39 Å². The molecule has 0 aliphatic heterocycles. The van der Waals surface area contributed by atoms with Crippen molar-refractivity contribution >= 4 is 33.7 Å². The fourth-order valence-corrected chi connectivity index (χ4v) is 4.36. The highest BCUT2D eigenvalue weighted by Gasteiger charge is 2.06. The summed E-state index contributed by atoms with van der Waals surface area (Å²) in [5.74, 6) is 0. The summed E-state index contributed by atoms with van der Waals surface area (Å²) in [5, 5.41) is 1.16. The first-order valence-electron chi connectivity index (χ1n) is 10.1. The molecule has 4 rings (SSSR count). The summed E-state index contributed by atoms with van der Waals surface area (Å²) < 4.78 is 12.3. The second-order valence-corrected chi connectivity index (χ2v) is 8.19. The number of nitrogens with zero attached hydrogens (tertiary/aromatic N) is 1. The van der Waals surface area contributed by atoms with Gasteiger partial charge in [-0.1, -0.05) is 61.5 Å². The van der Waals surface area contributed by atoms with Crippen LogP contribution in [-0.4, -0.2) is 11.7 Å². The van der Waals surface area contributed by atoms with Gasteiger partial charge in [-0.15, -0.1) is 11.3 Å². The number of aryl methyl sites for hydroxylation is 2. The molecule has 0 bridgehead atoms. The monoisotopic (exact) mass is 401 g/mol. The van der Waals surface area contributed by atoms with E-state index in [4.69, 9.17) is 4.98 Å². The van der Waals surface area contributed by atoms with E-state index in [-0.39, 0.29) is 6.67 Å². The Balaban J connectivity index is 1.53. The van der Waals surface area contributed by atoms with E-state index in [0.717, 1.165) is 28.8 Å².